The summed E-state index contributed by atoms with van der Waals surface area (Å²) in [5.41, 5.74) is 0. The molecule has 1 rings (SSSR count). The summed E-state index contributed by atoms with van der Waals surface area (Å²) in [6, 6.07) is -1.12. The molecule has 0 atom stereocenters. The highest BCUT2D eigenvalue weighted by Crippen LogP contribution is 1.97. The molecule has 6 amide bonds. The summed E-state index contributed by atoms with van der Waals surface area (Å²) >= 11 is 0. The van der Waals surface area contributed by atoms with Gasteiger partial charge in [-0.25, -0.2) is 19.5 Å². The van der Waals surface area contributed by atoms with Crippen LogP contribution in [0.1, 0.15) is 0 Å². The molecular weight excluding hydrogens is 306 g/mol. The minimum Gasteiger partial charge on any atom is -0.341 e. The molecule has 6 N–H and O–H groups in total. The van der Waals surface area contributed by atoms with Crippen LogP contribution in [0.4, 0.5) is 20.3 Å². The van der Waals surface area contributed by atoms with Gasteiger partial charge in [0.15, 0.2) is 0 Å². The number of carbonyl (C=O) groups is 3. The van der Waals surface area contributed by atoms with Crippen molar-refractivity contribution in [1.82, 2.24) is 41.3 Å². The molecule has 0 bridgehead atoms. The lowest BCUT2D eigenvalue weighted by molar-refractivity contribution is 0.208. The third-order valence-corrected chi connectivity index (χ3v) is 2.72. The zero-order valence-corrected chi connectivity index (χ0v) is 13.0. The normalized spacial score (nSPS) is 9.65. The van der Waals surface area contributed by atoms with Gasteiger partial charge in [0.1, 0.15) is 6.33 Å². The molecule has 0 aliphatic carbocycles. The van der Waals surface area contributed by atoms with E-state index in [9.17, 15) is 14.4 Å². The number of urea groups is 3. The second-order valence-corrected chi connectivity index (χ2v) is 4.26. The molecule has 0 saturated heterocycles. The van der Waals surface area contributed by atoms with Gasteiger partial charge < -0.3 is 26.2 Å². The van der Waals surface area contributed by atoms with Crippen LogP contribution in [0.2, 0.25) is 0 Å². The van der Waals surface area contributed by atoms with Crippen molar-refractivity contribution in [3.05, 3.63) is 6.33 Å². The number of anilines is 1. The lowest BCUT2D eigenvalue weighted by Gasteiger charge is -2.22. The Morgan fingerprint density at radius 1 is 1.09 bits per heavy atom. The number of rotatable bonds is 7. The average Bonchev–Trinajstić information content (AvgIpc) is 3.05. The van der Waals surface area contributed by atoms with Crippen molar-refractivity contribution < 1.29 is 14.4 Å². The predicted molar refractivity (Wildman–Crippen MR) is 81.9 cm³/mol. The van der Waals surface area contributed by atoms with Crippen LogP contribution >= 0.6 is 0 Å². The van der Waals surface area contributed by atoms with E-state index in [1.165, 1.54) is 25.3 Å². The van der Waals surface area contributed by atoms with Crippen LogP contribution in [0.5, 0.6) is 0 Å². The van der Waals surface area contributed by atoms with Gasteiger partial charge in [-0.05, 0) is 0 Å². The molecule has 12 nitrogen and oxygen atoms in total. The van der Waals surface area contributed by atoms with E-state index in [1.807, 2.05) is 0 Å². The molecule has 0 spiro atoms. The van der Waals surface area contributed by atoms with Crippen molar-refractivity contribution in [2.75, 3.05) is 45.6 Å². The number of amides is 6. The Hall–Kier alpha value is -3.05. The van der Waals surface area contributed by atoms with Gasteiger partial charge in [-0.15, -0.1) is 0 Å². The second kappa shape index (κ2) is 9.81. The van der Waals surface area contributed by atoms with Crippen molar-refractivity contribution in [3.8, 4) is 0 Å². The number of nitrogens with one attached hydrogen (secondary N) is 6. The van der Waals surface area contributed by atoms with E-state index in [0.29, 0.717) is 0 Å². The van der Waals surface area contributed by atoms with Gasteiger partial charge in [-0.2, -0.15) is 10.1 Å². The van der Waals surface area contributed by atoms with E-state index in [4.69, 9.17) is 0 Å². The summed E-state index contributed by atoms with van der Waals surface area (Å²) < 4.78 is 0. The number of H-pyrrole nitrogens is 1. The van der Waals surface area contributed by atoms with Crippen LogP contribution in [0.15, 0.2) is 6.33 Å². The molecule has 1 aromatic rings. The molecule has 23 heavy (non-hydrogen) atoms. The summed E-state index contributed by atoms with van der Waals surface area (Å²) in [6.07, 6.45) is 1.26. The first-order chi connectivity index (χ1) is 11.1. The van der Waals surface area contributed by atoms with E-state index in [1.54, 1.807) is 0 Å². The summed E-state index contributed by atoms with van der Waals surface area (Å²) in [6.45, 7) is 1.01. The van der Waals surface area contributed by atoms with Crippen LogP contribution < -0.4 is 26.6 Å². The fraction of sp³-hybridized carbons (Fsp3) is 0.545. The molecule has 12 heteroatoms. The van der Waals surface area contributed by atoms with E-state index in [2.05, 4.69) is 41.8 Å². The molecule has 0 aliphatic heterocycles. The molecule has 1 heterocycles. The van der Waals surface area contributed by atoms with Gasteiger partial charge in [0.25, 0.3) is 0 Å². The van der Waals surface area contributed by atoms with Crippen molar-refractivity contribution in [2.24, 2.45) is 0 Å². The number of aromatic nitrogens is 3. The SMILES string of the molecule is CNC(=O)NCCN(CCNC(=O)NC)C(=O)Nc1ncn[nH]1. The molecule has 128 valence electrons. The van der Waals surface area contributed by atoms with Crippen molar-refractivity contribution in [3.63, 3.8) is 0 Å². The van der Waals surface area contributed by atoms with Crippen LogP contribution in [0.3, 0.4) is 0 Å². The Labute approximate surface area is 132 Å². The summed E-state index contributed by atoms with van der Waals surface area (Å²) in [5, 5.41) is 18.6. The molecule has 0 radical (unpaired) electrons. The van der Waals surface area contributed by atoms with Crippen molar-refractivity contribution in [2.45, 2.75) is 0 Å². The fourth-order valence-corrected chi connectivity index (χ4v) is 1.55. The Kier molecular flexibility index (Phi) is 7.68. The molecule has 0 saturated carbocycles. The summed E-state index contributed by atoms with van der Waals surface area (Å²) in [7, 11) is 2.99. The van der Waals surface area contributed by atoms with E-state index in [0.717, 1.165) is 0 Å². The monoisotopic (exact) mass is 327 g/mol. The van der Waals surface area contributed by atoms with E-state index in [-0.39, 0.29) is 44.2 Å². The molecule has 0 fully saturated rings. The quantitative estimate of drug-likeness (QED) is 0.359. The zero-order chi connectivity index (χ0) is 17.1. The fourth-order valence-electron chi connectivity index (χ4n) is 1.55. The van der Waals surface area contributed by atoms with Gasteiger partial charge in [0.05, 0.1) is 0 Å². The average molecular weight is 327 g/mol. The van der Waals surface area contributed by atoms with Crippen LogP contribution in [0.25, 0.3) is 0 Å². The van der Waals surface area contributed by atoms with Crippen LogP contribution in [-0.2, 0) is 0 Å². The second-order valence-electron chi connectivity index (χ2n) is 4.26. The van der Waals surface area contributed by atoms with Crippen molar-refractivity contribution >= 4 is 24.0 Å². The van der Waals surface area contributed by atoms with E-state index >= 15 is 0 Å². The van der Waals surface area contributed by atoms with Crippen LogP contribution in [-0.4, -0.2) is 78.4 Å². The number of nitrogens with zero attached hydrogens (tertiary/aromatic N) is 3. The first-order valence-electron chi connectivity index (χ1n) is 6.89. The predicted octanol–water partition coefficient (Wildman–Crippen LogP) is -1.50. The molecule has 1 aromatic heterocycles. The topological polar surface area (TPSA) is 156 Å². The molecule has 0 unspecified atom stereocenters. The Morgan fingerprint density at radius 3 is 2.09 bits per heavy atom. The summed E-state index contributed by atoms with van der Waals surface area (Å²) in [4.78, 5) is 39.7. The Balaban J connectivity index is 2.50. The maximum Gasteiger partial charge on any atom is 0.324 e. The largest absolute Gasteiger partial charge is 0.341 e. The lowest BCUT2D eigenvalue weighted by atomic mass is 10.4. The first kappa shape index (κ1) is 18.0. The van der Waals surface area contributed by atoms with Gasteiger partial charge in [0, 0.05) is 40.3 Å². The maximum atomic E-state index is 12.2. The molecule has 0 aromatic carbocycles. The first-order valence-corrected chi connectivity index (χ1v) is 6.89. The van der Waals surface area contributed by atoms with Gasteiger partial charge in [-0.1, -0.05) is 0 Å². The van der Waals surface area contributed by atoms with Gasteiger partial charge in [0.2, 0.25) is 5.95 Å². The summed E-state index contributed by atoms with van der Waals surface area (Å²) in [5.74, 6) is 0.207. The highest BCUT2D eigenvalue weighted by molar-refractivity contribution is 5.87. The molecular formula is C11H21N9O3. The number of aromatic amines is 1. The van der Waals surface area contributed by atoms with Crippen molar-refractivity contribution in [1.29, 1.82) is 0 Å². The maximum absolute atomic E-state index is 12.2. The molecule has 0 aliphatic rings. The zero-order valence-electron chi connectivity index (χ0n) is 13.0. The standard InChI is InChI=1S/C11H21N9O3/c1-12-9(21)14-3-5-20(6-4-15-10(22)13-2)11(23)18-8-16-7-17-19-8/h7H,3-6H2,1-2H3,(H2,12,14,21)(H2,13,15,22)(H2,16,17,18,19,23). The Bertz CT molecular complexity index is 483. The minimum atomic E-state index is -0.431. The highest BCUT2D eigenvalue weighted by atomic mass is 16.2. The highest BCUT2D eigenvalue weighted by Gasteiger charge is 2.15. The third kappa shape index (κ3) is 6.97. The van der Waals surface area contributed by atoms with Crippen LogP contribution in [0, 0.1) is 0 Å². The van der Waals surface area contributed by atoms with Gasteiger partial charge in [-0.3, -0.25) is 5.32 Å². The van der Waals surface area contributed by atoms with Gasteiger partial charge >= 0.3 is 18.1 Å². The smallest absolute Gasteiger partial charge is 0.324 e. The number of carbonyl (C=O) groups excluding carboxylic acids is 3. The number of hydrogen-bond donors (Lipinski definition) is 6. The third-order valence-electron chi connectivity index (χ3n) is 2.72. The number of hydrogen-bond acceptors (Lipinski definition) is 5. The van der Waals surface area contributed by atoms with E-state index < -0.39 is 6.03 Å². The lowest BCUT2D eigenvalue weighted by Crippen LogP contribution is -2.46. The minimum absolute atomic E-state index is 0.207. The Morgan fingerprint density at radius 2 is 1.65 bits per heavy atom.